The molecule has 0 saturated heterocycles. The molecule has 3 N–H and O–H groups in total. The minimum atomic E-state index is -4.63. The van der Waals surface area contributed by atoms with E-state index in [1.165, 1.54) is 6.07 Å². The number of hydrogen-bond acceptors (Lipinski definition) is 6. The van der Waals surface area contributed by atoms with E-state index in [9.17, 15) is 18.3 Å². The number of rotatable bonds is 6. The highest BCUT2D eigenvalue weighted by atomic mass is 19.4. The Hall–Kier alpha value is -4.25. The van der Waals surface area contributed by atoms with Gasteiger partial charge in [-0.1, -0.05) is 24.3 Å². The highest BCUT2D eigenvalue weighted by molar-refractivity contribution is 5.86. The number of nitrogens with zero attached hydrogens (tertiary/aromatic N) is 5. The molecule has 0 bridgehead atoms. The standard InChI is InChI=1S/C25H22F3N7O/c1-3-29-21-11-15(16-6-4-5-7-17(16)24-34-30-13-35(24)2)10-20(31-21)23-32-19-9-14(12-36)8-18(22(19)33-23)25(26,27)28/h4-11,13,36H,3,12H2,1-2H3,(H,29,31)(H,32,33). The van der Waals surface area contributed by atoms with Crippen molar-refractivity contribution in [3.63, 3.8) is 0 Å². The van der Waals surface area contributed by atoms with Crippen molar-refractivity contribution < 1.29 is 18.3 Å². The average Bonchev–Trinajstić information content (AvgIpc) is 3.48. The number of alkyl halides is 3. The van der Waals surface area contributed by atoms with E-state index >= 15 is 0 Å². The number of imidazole rings is 1. The van der Waals surface area contributed by atoms with Crippen molar-refractivity contribution in [1.29, 1.82) is 0 Å². The van der Waals surface area contributed by atoms with Crippen molar-refractivity contribution in [1.82, 2.24) is 29.7 Å². The fraction of sp³-hybridized carbons (Fsp3) is 0.200. The SMILES string of the molecule is CCNc1cc(-c2ccccc2-c2nncn2C)cc(-c2nc3c(C(F)(F)F)cc(CO)cc3[nH]2)n1. The van der Waals surface area contributed by atoms with Crippen molar-refractivity contribution >= 4 is 16.9 Å². The maximum atomic E-state index is 13.7. The molecule has 3 heterocycles. The van der Waals surface area contributed by atoms with Crippen LogP contribution in [0.15, 0.2) is 54.9 Å². The van der Waals surface area contributed by atoms with Gasteiger partial charge in [0.15, 0.2) is 11.6 Å². The minimum Gasteiger partial charge on any atom is -0.392 e. The Morgan fingerprint density at radius 3 is 2.50 bits per heavy atom. The Balaban J connectivity index is 1.70. The zero-order valence-electron chi connectivity index (χ0n) is 19.4. The van der Waals surface area contributed by atoms with Crippen LogP contribution in [0.4, 0.5) is 19.0 Å². The first-order valence-corrected chi connectivity index (χ1v) is 11.2. The lowest BCUT2D eigenvalue weighted by molar-refractivity contribution is -0.136. The van der Waals surface area contributed by atoms with Crippen molar-refractivity contribution in [3.05, 3.63) is 66.0 Å². The summed E-state index contributed by atoms with van der Waals surface area (Å²) < 4.78 is 43.0. The molecule has 0 atom stereocenters. The van der Waals surface area contributed by atoms with Crippen molar-refractivity contribution in [2.75, 3.05) is 11.9 Å². The first-order chi connectivity index (χ1) is 17.3. The van der Waals surface area contributed by atoms with Crippen LogP contribution in [0.5, 0.6) is 0 Å². The number of halogens is 3. The lowest BCUT2D eigenvalue weighted by Gasteiger charge is -2.12. The highest BCUT2D eigenvalue weighted by Crippen LogP contribution is 2.37. The minimum absolute atomic E-state index is 0.137. The van der Waals surface area contributed by atoms with Crippen LogP contribution in [0, 0.1) is 0 Å². The number of aromatic amines is 1. The Morgan fingerprint density at radius 1 is 1.06 bits per heavy atom. The van der Waals surface area contributed by atoms with Crippen LogP contribution >= 0.6 is 0 Å². The number of H-pyrrole nitrogens is 1. The molecule has 0 unspecified atom stereocenters. The van der Waals surface area contributed by atoms with Crippen LogP contribution in [0.3, 0.4) is 0 Å². The Labute approximate surface area is 203 Å². The van der Waals surface area contributed by atoms with Crippen LogP contribution in [0.1, 0.15) is 18.1 Å². The molecule has 0 fully saturated rings. The smallest absolute Gasteiger partial charge is 0.392 e. The summed E-state index contributed by atoms with van der Waals surface area (Å²) >= 11 is 0. The largest absolute Gasteiger partial charge is 0.418 e. The van der Waals surface area contributed by atoms with E-state index in [2.05, 4.69) is 30.5 Å². The molecule has 0 saturated carbocycles. The lowest BCUT2D eigenvalue weighted by Crippen LogP contribution is -2.07. The number of nitrogens with one attached hydrogen (secondary N) is 2. The van der Waals surface area contributed by atoms with Crippen molar-refractivity contribution in [3.8, 4) is 34.0 Å². The first kappa shape index (κ1) is 23.5. The summed E-state index contributed by atoms with van der Waals surface area (Å²) in [6.07, 6.45) is -3.02. The van der Waals surface area contributed by atoms with Gasteiger partial charge in [-0.05, 0) is 47.9 Å². The molecule has 184 valence electrons. The predicted molar refractivity (Wildman–Crippen MR) is 130 cm³/mol. The Kier molecular flexibility index (Phi) is 5.92. The number of pyridine rings is 1. The molecule has 36 heavy (non-hydrogen) atoms. The first-order valence-electron chi connectivity index (χ1n) is 11.2. The summed E-state index contributed by atoms with van der Waals surface area (Å²) in [5.74, 6) is 1.40. The maximum absolute atomic E-state index is 13.7. The van der Waals surface area contributed by atoms with E-state index in [1.54, 1.807) is 12.4 Å². The summed E-state index contributed by atoms with van der Waals surface area (Å²) in [5.41, 5.74) is 2.00. The van der Waals surface area contributed by atoms with Gasteiger partial charge in [0.2, 0.25) is 0 Å². The molecule has 5 rings (SSSR count). The van der Waals surface area contributed by atoms with Crippen LogP contribution in [-0.4, -0.2) is 41.4 Å². The van der Waals surface area contributed by atoms with Crippen LogP contribution in [0.25, 0.3) is 45.1 Å². The van der Waals surface area contributed by atoms with Gasteiger partial charge in [-0.3, -0.25) is 0 Å². The third-order valence-electron chi connectivity index (χ3n) is 5.75. The van der Waals surface area contributed by atoms with E-state index in [-0.39, 0.29) is 22.4 Å². The predicted octanol–water partition coefficient (Wildman–Crippen LogP) is 5.03. The van der Waals surface area contributed by atoms with E-state index in [0.717, 1.165) is 22.8 Å². The molecule has 5 aromatic rings. The van der Waals surface area contributed by atoms with Crippen LogP contribution in [-0.2, 0) is 19.8 Å². The molecule has 0 aliphatic heterocycles. The molecule has 8 nitrogen and oxygen atoms in total. The summed E-state index contributed by atoms with van der Waals surface area (Å²) in [7, 11) is 1.85. The summed E-state index contributed by atoms with van der Waals surface area (Å²) in [4.78, 5) is 11.8. The maximum Gasteiger partial charge on any atom is 0.418 e. The van der Waals surface area contributed by atoms with Crippen molar-refractivity contribution in [2.24, 2.45) is 7.05 Å². The number of aryl methyl sites for hydroxylation is 1. The number of aliphatic hydroxyl groups excluding tert-OH is 1. The third-order valence-corrected chi connectivity index (χ3v) is 5.75. The van der Waals surface area contributed by atoms with Gasteiger partial charge in [-0.2, -0.15) is 13.2 Å². The van der Waals surface area contributed by atoms with Gasteiger partial charge in [0.25, 0.3) is 0 Å². The van der Waals surface area contributed by atoms with Gasteiger partial charge >= 0.3 is 6.18 Å². The van der Waals surface area contributed by atoms with Gasteiger partial charge in [0, 0.05) is 19.2 Å². The number of fused-ring (bicyclic) bond motifs is 1. The summed E-state index contributed by atoms with van der Waals surface area (Å²) in [6.45, 7) is 2.00. The van der Waals surface area contributed by atoms with Gasteiger partial charge in [-0.15, -0.1) is 10.2 Å². The van der Waals surface area contributed by atoms with Gasteiger partial charge in [0.1, 0.15) is 23.4 Å². The summed E-state index contributed by atoms with van der Waals surface area (Å²) in [6, 6.07) is 13.7. The normalized spacial score (nSPS) is 11.8. The average molecular weight is 493 g/mol. The molecular formula is C25H22F3N7O. The van der Waals surface area contributed by atoms with Crippen molar-refractivity contribution in [2.45, 2.75) is 19.7 Å². The zero-order chi connectivity index (χ0) is 25.4. The van der Waals surface area contributed by atoms with Crippen LogP contribution < -0.4 is 5.32 Å². The topological polar surface area (TPSA) is 105 Å². The second-order valence-corrected chi connectivity index (χ2v) is 8.25. The molecular weight excluding hydrogens is 471 g/mol. The molecule has 0 spiro atoms. The number of hydrogen-bond donors (Lipinski definition) is 3. The molecule has 0 amide bonds. The fourth-order valence-corrected chi connectivity index (χ4v) is 4.14. The fourth-order valence-electron chi connectivity index (χ4n) is 4.14. The number of anilines is 1. The summed E-state index contributed by atoms with van der Waals surface area (Å²) in [5, 5.41) is 20.8. The number of benzene rings is 2. The van der Waals surface area contributed by atoms with E-state index < -0.39 is 18.3 Å². The third kappa shape index (κ3) is 4.29. The van der Waals surface area contributed by atoms with E-state index in [1.807, 2.05) is 48.9 Å². The monoisotopic (exact) mass is 493 g/mol. The van der Waals surface area contributed by atoms with Gasteiger partial charge < -0.3 is 20.0 Å². The molecule has 0 aliphatic rings. The number of aromatic nitrogens is 6. The molecule has 3 aromatic heterocycles. The molecule has 0 aliphatic carbocycles. The quantitative estimate of drug-likeness (QED) is 0.307. The second-order valence-electron chi connectivity index (χ2n) is 8.25. The lowest BCUT2D eigenvalue weighted by atomic mass is 9.99. The van der Waals surface area contributed by atoms with E-state index in [4.69, 9.17) is 0 Å². The molecule has 0 radical (unpaired) electrons. The van der Waals surface area contributed by atoms with Gasteiger partial charge in [-0.25, -0.2) is 9.97 Å². The zero-order valence-corrected chi connectivity index (χ0v) is 19.4. The molecule has 11 heteroatoms. The van der Waals surface area contributed by atoms with Gasteiger partial charge in [0.05, 0.1) is 17.7 Å². The second kappa shape index (κ2) is 9.08. The Bertz CT molecular complexity index is 1560. The Morgan fingerprint density at radius 2 is 1.83 bits per heavy atom. The van der Waals surface area contributed by atoms with Crippen LogP contribution in [0.2, 0.25) is 0 Å². The number of aliphatic hydroxyl groups is 1. The molecule has 2 aromatic carbocycles. The van der Waals surface area contributed by atoms with E-state index in [0.29, 0.717) is 23.9 Å². The highest BCUT2D eigenvalue weighted by Gasteiger charge is 2.34.